The Morgan fingerprint density at radius 3 is 2.04 bits per heavy atom. The normalized spacial score (nSPS) is 15.8. The van der Waals surface area contributed by atoms with Crippen molar-refractivity contribution in [2.24, 2.45) is 11.7 Å². The molecule has 0 aromatic heterocycles. The van der Waals surface area contributed by atoms with Crippen LogP contribution >= 0.6 is 0 Å². The Labute approximate surface area is 133 Å². The molecule has 10 heteroatoms. The van der Waals surface area contributed by atoms with E-state index in [1.165, 1.54) is 0 Å². The van der Waals surface area contributed by atoms with Crippen LogP contribution in [0.25, 0.3) is 0 Å². The smallest absolute Gasteiger partial charge is 0.326 e. The number of carboxylic acids is 2. The molecular formula is C13H23N3O7. The van der Waals surface area contributed by atoms with E-state index in [1.807, 2.05) is 0 Å². The molecule has 0 saturated heterocycles. The second-order valence-corrected chi connectivity index (χ2v) is 5.16. The molecule has 10 nitrogen and oxygen atoms in total. The highest BCUT2D eigenvalue weighted by Crippen LogP contribution is 2.09. The van der Waals surface area contributed by atoms with E-state index in [2.05, 4.69) is 10.6 Å². The molecule has 23 heavy (non-hydrogen) atoms. The summed E-state index contributed by atoms with van der Waals surface area (Å²) in [5.41, 5.74) is 5.36. The molecule has 132 valence electrons. The predicted octanol–water partition coefficient (Wildman–Crippen LogP) is -2.12. The van der Waals surface area contributed by atoms with Crippen molar-refractivity contribution in [1.82, 2.24) is 10.6 Å². The van der Waals surface area contributed by atoms with Crippen molar-refractivity contribution in [1.29, 1.82) is 0 Å². The monoisotopic (exact) mass is 333 g/mol. The maximum absolute atomic E-state index is 12.2. The molecule has 4 atom stereocenters. The van der Waals surface area contributed by atoms with Crippen LogP contribution in [0.5, 0.6) is 0 Å². The van der Waals surface area contributed by atoms with E-state index in [0.717, 1.165) is 0 Å². The molecule has 0 rings (SSSR count). The Morgan fingerprint density at radius 2 is 1.65 bits per heavy atom. The van der Waals surface area contributed by atoms with Crippen LogP contribution in [-0.2, 0) is 19.2 Å². The Balaban J connectivity index is 5.09. The molecule has 0 heterocycles. The van der Waals surface area contributed by atoms with E-state index in [4.69, 9.17) is 21.1 Å². The Kier molecular flexibility index (Phi) is 8.81. The maximum Gasteiger partial charge on any atom is 0.326 e. The minimum Gasteiger partial charge on any atom is -0.481 e. The summed E-state index contributed by atoms with van der Waals surface area (Å²) in [5, 5.41) is 30.9. The van der Waals surface area contributed by atoms with Crippen molar-refractivity contribution in [2.75, 3.05) is 6.61 Å². The summed E-state index contributed by atoms with van der Waals surface area (Å²) in [4.78, 5) is 45.5. The Bertz CT molecular complexity index is 455. The number of nitrogens with two attached hydrogens (primary N) is 1. The number of aliphatic hydroxyl groups is 1. The van der Waals surface area contributed by atoms with E-state index < -0.39 is 54.9 Å². The quantitative estimate of drug-likeness (QED) is 0.262. The number of carbonyl (C=O) groups excluding carboxylic acids is 2. The molecule has 0 bridgehead atoms. The number of hydrogen-bond donors (Lipinski definition) is 6. The minimum atomic E-state index is -1.62. The summed E-state index contributed by atoms with van der Waals surface area (Å²) in [6.07, 6.45) is -0.304. The van der Waals surface area contributed by atoms with Crippen LogP contribution in [0.2, 0.25) is 0 Å². The van der Waals surface area contributed by atoms with Crippen LogP contribution in [-0.4, -0.2) is 63.8 Å². The second-order valence-electron chi connectivity index (χ2n) is 5.16. The van der Waals surface area contributed by atoms with Gasteiger partial charge in [-0.3, -0.25) is 14.4 Å². The van der Waals surface area contributed by atoms with Gasteiger partial charge in [0.25, 0.3) is 0 Å². The summed E-state index contributed by atoms with van der Waals surface area (Å²) in [5.74, 6) is -4.83. The fraction of sp³-hybridized carbons (Fsp3) is 0.692. The highest BCUT2D eigenvalue weighted by molar-refractivity contribution is 5.92. The highest BCUT2D eigenvalue weighted by atomic mass is 16.4. The number of carbonyl (C=O) groups is 4. The Morgan fingerprint density at radius 1 is 1.09 bits per heavy atom. The van der Waals surface area contributed by atoms with E-state index in [1.54, 1.807) is 13.8 Å². The van der Waals surface area contributed by atoms with Crippen LogP contribution in [0.15, 0.2) is 0 Å². The second kappa shape index (κ2) is 9.74. The molecule has 7 N–H and O–H groups in total. The molecule has 0 aliphatic heterocycles. The van der Waals surface area contributed by atoms with Gasteiger partial charge in [-0.15, -0.1) is 0 Å². The first-order chi connectivity index (χ1) is 10.6. The van der Waals surface area contributed by atoms with Crippen molar-refractivity contribution in [2.45, 2.75) is 44.8 Å². The van der Waals surface area contributed by atoms with Gasteiger partial charge in [0.05, 0.1) is 13.0 Å². The van der Waals surface area contributed by atoms with Crippen molar-refractivity contribution >= 4 is 23.8 Å². The first-order valence-corrected chi connectivity index (χ1v) is 7.05. The summed E-state index contributed by atoms with van der Waals surface area (Å²) in [6.45, 7) is 2.80. The lowest BCUT2D eigenvalue weighted by atomic mass is 9.97. The van der Waals surface area contributed by atoms with Crippen molar-refractivity contribution in [3.63, 3.8) is 0 Å². The molecule has 0 fully saturated rings. The molecule has 2 amide bonds. The average Bonchev–Trinajstić information content (AvgIpc) is 2.49. The summed E-state index contributed by atoms with van der Waals surface area (Å²) < 4.78 is 0. The third-order valence-corrected chi connectivity index (χ3v) is 3.32. The van der Waals surface area contributed by atoms with E-state index in [9.17, 15) is 19.2 Å². The molecule has 0 aliphatic carbocycles. The third kappa shape index (κ3) is 7.06. The first-order valence-electron chi connectivity index (χ1n) is 7.05. The predicted molar refractivity (Wildman–Crippen MR) is 78.3 cm³/mol. The van der Waals surface area contributed by atoms with Gasteiger partial charge in [0.15, 0.2) is 0 Å². The van der Waals surface area contributed by atoms with Crippen molar-refractivity contribution < 1.29 is 34.5 Å². The fourth-order valence-electron chi connectivity index (χ4n) is 1.68. The molecule has 0 radical (unpaired) electrons. The van der Waals surface area contributed by atoms with Gasteiger partial charge in [-0.2, -0.15) is 0 Å². The standard InChI is InChI=1S/C13H23N3O7/c1-3-6(2)10(16-11(20)7(14)5-17)12(21)15-8(13(22)23)4-9(18)19/h6-8,10,17H,3-5,14H2,1-2H3,(H,15,21)(H,16,20)(H,18,19)(H,22,23). The van der Waals surface area contributed by atoms with E-state index in [0.29, 0.717) is 6.42 Å². The lowest BCUT2D eigenvalue weighted by Crippen LogP contribution is -2.57. The maximum atomic E-state index is 12.2. The molecular weight excluding hydrogens is 310 g/mol. The SMILES string of the molecule is CCC(C)C(NC(=O)C(N)CO)C(=O)NC(CC(=O)O)C(=O)O. The summed E-state index contributed by atoms with van der Waals surface area (Å²) in [7, 11) is 0. The molecule has 0 spiro atoms. The van der Waals surface area contributed by atoms with Crippen molar-refractivity contribution in [3.8, 4) is 0 Å². The molecule has 0 aromatic rings. The van der Waals surface area contributed by atoms with Gasteiger partial charge in [-0.1, -0.05) is 20.3 Å². The van der Waals surface area contributed by atoms with Crippen molar-refractivity contribution in [3.05, 3.63) is 0 Å². The van der Waals surface area contributed by atoms with Crippen LogP contribution in [0.3, 0.4) is 0 Å². The topological polar surface area (TPSA) is 179 Å². The molecule has 0 aromatic carbocycles. The molecule has 0 aliphatic rings. The van der Waals surface area contributed by atoms with E-state index >= 15 is 0 Å². The Hall–Kier alpha value is -2.20. The summed E-state index contributed by atoms with van der Waals surface area (Å²) >= 11 is 0. The van der Waals surface area contributed by atoms with Crippen LogP contribution < -0.4 is 16.4 Å². The number of aliphatic hydroxyl groups excluding tert-OH is 1. The lowest BCUT2D eigenvalue weighted by molar-refractivity contribution is -0.147. The van der Waals surface area contributed by atoms with Gasteiger partial charge in [-0.05, 0) is 5.92 Å². The number of hydrogen-bond acceptors (Lipinski definition) is 6. The molecule has 0 saturated carbocycles. The van der Waals surface area contributed by atoms with Gasteiger partial charge in [-0.25, -0.2) is 4.79 Å². The summed E-state index contributed by atoms with van der Waals surface area (Å²) in [6, 6.07) is -3.93. The fourth-order valence-corrected chi connectivity index (χ4v) is 1.68. The number of amides is 2. The van der Waals surface area contributed by atoms with Crippen LogP contribution in [0, 0.1) is 5.92 Å². The number of nitrogens with one attached hydrogen (secondary N) is 2. The minimum absolute atomic E-state index is 0.357. The van der Waals surface area contributed by atoms with E-state index in [-0.39, 0.29) is 5.92 Å². The number of aliphatic carboxylic acids is 2. The largest absolute Gasteiger partial charge is 0.481 e. The lowest BCUT2D eigenvalue weighted by Gasteiger charge is -2.26. The zero-order valence-corrected chi connectivity index (χ0v) is 13.0. The first kappa shape index (κ1) is 20.8. The van der Waals surface area contributed by atoms with Gasteiger partial charge < -0.3 is 31.7 Å². The molecule has 4 unspecified atom stereocenters. The van der Waals surface area contributed by atoms with Crippen LogP contribution in [0.4, 0.5) is 0 Å². The zero-order valence-electron chi connectivity index (χ0n) is 13.0. The number of rotatable bonds is 10. The van der Waals surface area contributed by atoms with Gasteiger partial charge in [0, 0.05) is 0 Å². The average molecular weight is 333 g/mol. The van der Waals surface area contributed by atoms with Gasteiger partial charge >= 0.3 is 11.9 Å². The number of carboxylic acid groups (broad SMARTS) is 2. The van der Waals surface area contributed by atoms with Gasteiger partial charge in [0.1, 0.15) is 18.1 Å². The third-order valence-electron chi connectivity index (χ3n) is 3.32. The van der Waals surface area contributed by atoms with Gasteiger partial charge in [0.2, 0.25) is 11.8 Å². The van der Waals surface area contributed by atoms with Crippen LogP contribution in [0.1, 0.15) is 26.7 Å². The highest BCUT2D eigenvalue weighted by Gasteiger charge is 2.31. The zero-order chi connectivity index (χ0) is 18.2.